The van der Waals surface area contributed by atoms with E-state index in [9.17, 15) is 20.4 Å². The molecule has 35 heavy (non-hydrogen) atoms. The van der Waals surface area contributed by atoms with Gasteiger partial charge in [-0.25, -0.2) is 0 Å². The molecule has 200 valence electrons. The fourth-order valence-electron chi connectivity index (χ4n) is 12.1. The van der Waals surface area contributed by atoms with Crippen LogP contribution in [0.15, 0.2) is 0 Å². The van der Waals surface area contributed by atoms with E-state index in [2.05, 4.69) is 34.6 Å². The number of fused-ring (bicyclic) bond motifs is 2. The molecule has 5 nitrogen and oxygen atoms in total. The molecule has 5 heteroatoms. The molecular formula is C30H50O5. The quantitative estimate of drug-likeness (QED) is 0.460. The molecule has 0 amide bonds. The van der Waals surface area contributed by atoms with Gasteiger partial charge >= 0.3 is 0 Å². The highest BCUT2D eigenvalue weighted by Gasteiger charge is 2.84. The van der Waals surface area contributed by atoms with E-state index in [4.69, 9.17) is 4.74 Å². The lowest BCUT2D eigenvalue weighted by atomic mass is 9.41. The maximum Gasteiger partial charge on any atom is 0.0865 e. The zero-order valence-electron chi connectivity index (χ0n) is 23.1. The molecule has 6 fully saturated rings. The van der Waals surface area contributed by atoms with Gasteiger partial charge in [0.2, 0.25) is 0 Å². The van der Waals surface area contributed by atoms with E-state index in [0.29, 0.717) is 5.92 Å². The van der Waals surface area contributed by atoms with Crippen molar-refractivity contribution in [3.8, 4) is 0 Å². The van der Waals surface area contributed by atoms with Crippen molar-refractivity contribution in [3.63, 3.8) is 0 Å². The monoisotopic (exact) mass is 490 g/mol. The zero-order valence-corrected chi connectivity index (χ0v) is 23.1. The zero-order chi connectivity index (χ0) is 25.6. The molecule has 5 saturated carbocycles. The highest BCUT2D eigenvalue weighted by molar-refractivity contribution is 5.33. The van der Waals surface area contributed by atoms with Crippen molar-refractivity contribution in [1.82, 2.24) is 0 Å². The molecule has 6 aliphatic rings. The van der Waals surface area contributed by atoms with Gasteiger partial charge in [-0.05, 0) is 117 Å². The Hall–Kier alpha value is -0.200. The summed E-state index contributed by atoms with van der Waals surface area (Å²) < 4.78 is 6.66. The Bertz CT molecular complexity index is 911. The molecule has 4 N–H and O–H groups in total. The number of hydrogen-bond acceptors (Lipinski definition) is 5. The summed E-state index contributed by atoms with van der Waals surface area (Å²) >= 11 is 0. The summed E-state index contributed by atoms with van der Waals surface area (Å²) in [6, 6.07) is 0. The third-order valence-electron chi connectivity index (χ3n) is 13.8. The van der Waals surface area contributed by atoms with Gasteiger partial charge in [-0.3, -0.25) is 0 Å². The Labute approximate surface area is 212 Å². The minimum absolute atomic E-state index is 0.0267. The predicted molar refractivity (Wildman–Crippen MR) is 134 cm³/mol. The van der Waals surface area contributed by atoms with Gasteiger partial charge in [0.15, 0.2) is 0 Å². The van der Waals surface area contributed by atoms with E-state index in [-0.39, 0.29) is 51.1 Å². The van der Waals surface area contributed by atoms with E-state index in [1.165, 1.54) is 6.42 Å². The van der Waals surface area contributed by atoms with Crippen LogP contribution in [0.5, 0.6) is 0 Å². The molecule has 0 aromatic heterocycles. The number of ether oxygens (including phenoxy) is 1. The van der Waals surface area contributed by atoms with E-state index >= 15 is 0 Å². The lowest BCUT2D eigenvalue weighted by Gasteiger charge is -2.64. The molecule has 2 spiro atoms. The fraction of sp³-hybridized carbons (Fsp3) is 1.00. The van der Waals surface area contributed by atoms with E-state index < -0.39 is 23.4 Å². The highest BCUT2D eigenvalue weighted by Crippen LogP contribution is 2.89. The molecule has 0 aromatic carbocycles. The first kappa shape index (κ1) is 25.1. The average molecular weight is 491 g/mol. The summed E-state index contributed by atoms with van der Waals surface area (Å²) in [4.78, 5) is 0. The molecule has 1 aliphatic heterocycles. The van der Waals surface area contributed by atoms with Crippen LogP contribution in [0.4, 0.5) is 0 Å². The summed E-state index contributed by atoms with van der Waals surface area (Å²) in [5.41, 5.74) is -1.35. The smallest absolute Gasteiger partial charge is 0.0865 e. The Balaban J connectivity index is 1.37. The van der Waals surface area contributed by atoms with Crippen molar-refractivity contribution in [2.75, 3.05) is 0 Å². The Morgan fingerprint density at radius 2 is 1.46 bits per heavy atom. The summed E-state index contributed by atoms with van der Waals surface area (Å²) in [5.74, 6) is 0.577. The summed E-state index contributed by atoms with van der Waals surface area (Å²) in [6.07, 6.45) is 7.18. The van der Waals surface area contributed by atoms with Gasteiger partial charge in [-0.15, -0.1) is 0 Å². The Morgan fingerprint density at radius 3 is 2.09 bits per heavy atom. The van der Waals surface area contributed by atoms with Gasteiger partial charge in [0.1, 0.15) is 0 Å². The van der Waals surface area contributed by atoms with Gasteiger partial charge < -0.3 is 25.2 Å². The number of rotatable bonds is 2. The van der Waals surface area contributed by atoms with Gasteiger partial charge in [0.05, 0.1) is 35.6 Å². The first-order valence-electron chi connectivity index (χ1n) is 14.4. The van der Waals surface area contributed by atoms with Crippen LogP contribution in [-0.4, -0.2) is 56.0 Å². The second-order valence-corrected chi connectivity index (χ2v) is 15.9. The second kappa shape index (κ2) is 6.86. The van der Waals surface area contributed by atoms with Crippen LogP contribution in [0, 0.1) is 44.8 Å². The molecular weight excluding hydrogens is 440 g/mol. The van der Waals surface area contributed by atoms with Crippen molar-refractivity contribution >= 4 is 0 Å². The standard InChI is InChI=1S/C30H50O5/c1-24(2)20(33)8-11-30-16-29(30)13-12-26(5)23(28(7)10-9-21(35-28)25(3,4)34)18(32)15-27(26,6)19(29)14-17(31)22(24)30/h17-23,31-34H,8-16H2,1-7H3/t17-,18-,19-,20-,21+,22-,23-,26+,27-,28-,29-,30+/m0/s1. The fourth-order valence-corrected chi connectivity index (χ4v) is 12.1. The molecule has 1 heterocycles. The van der Waals surface area contributed by atoms with Gasteiger partial charge in [0, 0.05) is 5.92 Å². The minimum Gasteiger partial charge on any atom is -0.393 e. The summed E-state index contributed by atoms with van der Waals surface area (Å²) in [5, 5.41) is 45.0. The van der Waals surface area contributed by atoms with Crippen LogP contribution >= 0.6 is 0 Å². The average Bonchev–Trinajstić information content (AvgIpc) is 3.08. The predicted octanol–water partition coefficient (Wildman–Crippen LogP) is 4.44. The molecule has 0 bridgehead atoms. The lowest BCUT2D eigenvalue weighted by Crippen LogP contribution is -2.62. The van der Waals surface area contributed by atoms with Crippen molar-refractivity contribution in [1.29, 1.82) is 0 Å². The van der Waals surface area contributed by atoms with Crippen LogP contribution in [0.1, 0.15) is 106 Å². The Morgan fingerprint density at radius 1 is 0.771 bits per heavy atom. The van der Waals surface area contributed by atoms with Gasteiger partial charge in [-0.1, -0.05) is 27.7 Å². The van der Waals surface area contributed by atoms with Crippen LogP contribution in [0.25, 0.3) is 0 Å². The number of aliphatic hydroxyl groups is 4. The molecule has 0 unspecified atom stereocenters. The minimum atomic E-state index is -0.886. The van der Waals surface area contributed by atoms with Crippen LogP contribution in [-0.2, 0) is 4.74 Å². The van der Waals surface area contributed by atoms with Crippen LogP contribution in [0.2, 0.25) is 0 Å². The molecule has 12 atom stereocenters. The summed E-state index contributed by atoms with van der Waals surface area (Å²) in [7, 11) is 0. The molecule has 5 aliphatic carbocycles. The maximum atomic E-state index is 11.7. The van der Waals surface area contributed by atoms with E-state index in [1.54, 1.807) is 0 Å². The van der Waals surface area contributed by atoms with Crippen molar-refractivity contribution in [2.45, 2.75) is 142 Å². The maximum absolute atomic E-state index is 11.7. The Kier molecular flexibility index (Phi) is 4.92. The normalized spacial score (nSPS) is 60.9. The summed E-state index contributed by atoms with van der Waals surface area (Å²) in [6.45, 7) is 15.0. The van der Waals surface area contributed by atoms with Crippen molar-refractivity contribution < 1.29 is 25.2 Å². The highest BCUT2D eigenvalue weighted by atomic mass is 16.5. The second-order valence-electron chi connectivity index (χ2n) is 15.9. The third kappa shape index (κ3) is 2.78. The van der Waals surface area contributed by atoms with E-state index in [1.807, 2.05) is 13.8 Å². The first-order chi connectivity index (χ1) is 16.0. The third-order valence-corrected chi connectivity index (χ3v) is 13.8. The topological polar surface area (TPSA) is 90.2 Å². The molecule has 1 saturated heterocycles. The van der Waals surface area contributed by atoms with Crippen LogP contribution < -0.4 is 0 Å². The van der Waals surface area contributed by atoms with E-state index in [0.717, 1.165) is 51.4 Å². The molecule has 0 aromatic rings. The van der Waals surface area contributed by atoms with Gasteiger partial charge in [-0.2, -0.15) is 0 Å². The largest absolute Gasteiger partial charge is 0.393 e. The molecule has 6 rings (SSSR count). The van der Waals surface area contributed by atoms with Crippen molar-refractivity contribution in [3.05, 3.63) is 0 Å². The lowest BCUT2D eigenvalue weighted by molar-refractivity contribution is -0.213. The molecule has 0 radical (unpaired) electrons. The number of hydrogen-bond donors (Lipinski definition) is 4. The van der Waals surface area contributed by atoms with Gasteiger partial charge in [0.25, 0.3) is 0 Å². The van der Waals surface area contributed by atoms with Crippen molar-refractivity contribution in [2.24, 2.45) is 44.8 Å². The SMILES string of the molecule is CC(C)(O)[C@H]1CC[C@@](C)([C@H]2[C@@H](O)C[C@@]3(C)[C@@H]4C[C@H](O)[C@H]5C(C)(C)[C@@H](O)CC[C@@]56C[C@@]46CC[C@]23C)O1. The van der Waals surface area contributed by atoms with Crippen LogP contribution in [0.3, 0.4) is 0 Å². The first-order valence-corrected chi connectivity index (χ1v) is 14.4. The number of aliphatic hydroxyl groups excluding tert-OH is 3.